The van der Waals surface area contributed by atoms with Crippen LogP contribution in [0.2, 0.25) is 0 Å². The fourth-order valence-electron chi connectivity index (χ4n) is 4.90. The number of ketones is 1. The van der Waals surface area contributed by atoms with Gasteiger partial charge in [-0.25, -0.2) is 9.59 Å². The van der Waals surface area contributed by atoms with E-state index in [4.69, 9.17) is 4.74 Å². The van der Waals surface area contributed by atoms with Crippen molar-refractivity contribution in [3.8, 4) is 11.3 Å². The summed E-state index contributed by atoms with van der Waals surface area (Å²) in [5.41, 5.74) is -0.473. The summed E-state index contributed by atoms with van der Waals surface area (Å²) in [6.07, 6.45) is -2.44. The number of alkyl halides is 3. The lowest BCUT2D eigenvalue weighted by molar-refractivity contribution is -0.137. The van der Waals surface area contributed by atoms with E-state index in [9.17, 15) is 32.7 Å². The van der Waals surface area contributed by atoms with Gasteiger partial charge in [0.1, 0.15) is 0 Å². The van der Waals surface area contributed by atoms with Crippen LogP contribution in [-0.2, 0) is 22.3 Å². The Morgan fingerprint density at radius 2 is 1.74 bits per heavy atom. The van der Waals surface area contributed by atoms with Crippen LogP contribution in [0.4, 0.5) is 22.8 Å². The summed E-state index contributed by atoms with van der Waals surface area (Å²) in [5.74, 6) is -0.410. The van der Waals surface area contributed by atoms with Gasteiger partial charge in [0.2, 0.25) is 0 Å². The molecule has 0 bridgehead atoms. The Labute approximate surface area is 243 Å². The van der Waals surface area contributed by atoms with Gasteiger partial charge in [0.15, 0.2) is 5.78 Å². The predicted octanol–water partition coefficient (Wildman–Crippen LogP) is 5.13. The number of amides is 3. The molecule has 1 aromatic carbocycles. The van der Waals surface area contributed by atoms with Crippen LogP contribution < -0.4 is 5.32 Å². The van der Waals surface area contributed by atoms with Crippen molar-refractivity contribution >= 4 is 17.9 Å². The third kappa shape index (κ3) is 8.70. The molecule has 1 aliphatic heterocycles. The van der Waals surface area contributed by atoms with E-state index in [0.717, 1.165) is 18.6 Å². The molecule has 1 saturated heterocycles. The Hall–Kier alpha value is -3.61. The Morgan fingerprint density at radius 3 is 2.29 bits per heavy atom. The molecule has 2 aromatic rings. The number of nitrogens with one attached hydrogen (secondary N) is 1. The minimum absolute atomic E-state index is 0.104. The molecule has 0 saturated carbocycles. The van der Waals surface area contributed by atoms with Crippen LogP contribution in [0.5, 0.6) is 0 Å². The van der Waals surface area contributed by atoms with Gasteiger partial charge in [-0.15, -0.1) is 0 Å². The predicted molar refractivity (Wildman–Crippen MR) is 150 cm³/mol. The van der Waals surface area contributed by atoms with E-state index >= 15 is 0 Å². The molecule has 42 heavy (non-hydrogen) atoms. The third-order valence-electron chi connectivity index (χ3n) is 7.32. The summed E-state index contributed by atoms with van der Waals surface area (Å²) < 4.78 is 45.7. The summed E-state index contributed by atoms with van der Waals surface area (Å²) >= 11 is 0. The molecular formula is C29H40F3N5O5. The van der Waals surface area contributed by atoms with E-state index in [0.29, 0.717) is 44.0 Å². The number of morpholine rings is 1. The number of carbonyl (C=O) groups excluding carboxylic acids is 2. The first-order valence-corrected chi connectivity index (χ1v) is 14.1. The molecule has 1 aromatic heterocycles. The van der Waals surface area contributed by atoms with Crippen molar-refractivity contribution < 1.29 is 37.4 Å². The fraction of sp³-hybridized carbons (Fsp3) is 0.586. The van der Waals surface area contributed by atoms with Crippen molar-refractivity contribution in [3.05, 3.63) is 42.1 Å². The summed E-state index contributed by atoms with van der Waals surface area (Å²) in [7, 11) is 0. The zero-order chi connectivity index (χ0) is 31.1. The van der Waals surface area contributed by atoms with Crippen LogP contribution in [0.3, 0.4) is 0 Å². The Kier molecular flexibility index (Phi) is 11.0. The van der Waals surface area contributed by atoms with E-state index in [1.54, 1.807) is 21.8 Å². The Balaban J connectivity index is 1.83. The number of Topliss-reactive ketones (excluding diaryl/α,β-unsaturated/α-hetero) is 1. The summed E-state index contributed by atoms with van der Waals surface area (Å²) in [5, 5.41) is 17.5. The molecule has 1 aliphatic rings. The first kappa shape index (κ1) is 32.9. The second-order valence-corrected chi connectivity index (χ2v) is 11.5. The SMILES string of the molecule is CCCC[C@@H](C(=O)CNC(=O)N1CCOCC1)N(C(=O)O)C(Cn1ccc(-c2ccc(C(F)(F)F)cc2)n1)C(C)(C)C. The monoisotopic (exact) mass is 595 g/mol. The molecule has 0 spiro atoms. The number of carboxylic acid groups (broad SMARTS) is 1. The molecule has 1 unspecified atom stereocenters. The minimum Gasteiger partial charge on any atom is -0.465 e. The normalized spacial score (nSPS) is 15.6. The number of rotatable bonds is 11. The zero-order valence-corrected chi connectivity index (χ0v) is 24.5. The molecule has 2 heterocycles. The van der Waals surface area contributed by atoms with Gasteiger partial charge in [-0.2, -0.15) is 18.3 Å². The first-order valence-electron chi connectivity index (χ1n) is 14.1. The molecule has 232 valence electrons. The zero-order valence-electron chi connectivity index (χ0n) is 24.5. The number of ether oxygens (including phenoxy) is 1. The Bertz CT molecular complexity index is 1200. The van der Waals surface area contributed by atoms with Gasteiger partial charge in [-0.05, 0) is 30.0 Å². The lowest BCUT2D eigenvalue weighted by Gasteiger charge is -2.42. The Morgan fingerprint density at radius 1 is 1.10 bits per heavy atom. The third-order valence-corrected chi connectivity index (χ3v) is 7.32. The van der Waals surface area contributed by atoms with Crippen molar-refractivity contribution in [1.29, 1.82) is 0 Å². The second-order valence-electron chi connectivity index (χ2n) is 11.5. The lowest BCUT2D eigenvalue weighted by Crippen LogP contribution is -2.58. The summed E-state index contributed by atoms with van der Waals surface area (Å²) in [6.45, 7) is 8.98. The van der Waals surface area contributed by atoms with Crippen molar-refractivity contribution in [1.82, 2.24) is 24.9 Å². The van der Waals surface area contributed by atoms with Gasteiger partial charge in [-0.1, -0.05) is 52.7 Å². The van der Waals surface area contributed by atoms with Gasteiger partial charge < -0.3 is 20.1 Å². The average molecular weight is 596 g/mol. The quantitative estimate of drug-likeness (QED) is 0.372. The van der Waals surface area contributed by atoms with Gasteiger partial charge in [0.25, 0.3) is 0 Å². The maximum atomic E-state index is 13.5. The number of hydrogen-bond donors (Lipinski definition) is 2. The number of hydrogen-bond acceptors (Lipinski definition) is 5. The molecule has 2 atom stereocenters. The number of nitrogens with zero attached hydrogens (tertiary/aromatic N) is 4. The number of halogens is 3. The average Bonchev–Trinajstić information content (AvgIpc) is 3.41. The van der Waals surface area contributed by atoms with Crippen LogP contribution in [0.15, 0.2) is 36.5 Å². The maximum Gasteiger partial charge on any atom is 0.416 e. The lowest BCUT2D eigenvalue weighted by atomic mass is 9.84. The highest BCUT2D eigenvalue weighted by Crippen LogP contribution is 2.32. The van der Waals surface area contributed by atoms with E-state index in [-0.39, 0.29) is 19.5 Å². The van der Waals surface area contributed by atoms with Gasteiger partial charge in [-0.3, -0.25) is 14.4 Å². The van der Waals surface area contributed by atoms with Crippen LogP contribution in [0.25, 0.3) is 11.3 Å². The molecule has 3 rings (SSSR count). The molecule has 10 nitrogen and oxygen atoms in total. The summed E-state index contributed by atoms with van der Waals surface area (Å²) in [6, 6.07) is 4.20. The number of unbranched alkanes of at least 4 members (excludes halogenated alkanes) is 1. The molecule has 3 amide bonds. The standard InChI is InChI=1S/C29H40F3N5O5/c1-5-6-7-23(24(38)18-33-26(39)35-14-16-42-17-15-35)37(27(40)41)25(28(2,3)4)19-36-13-12-22(34-36)20-8-10-21(11-9-20)29(30,31)32/h8-13,23,25H,5-7,14-19H2,1-4H3,(H,33,39)(H,40,41)/t23-,25?/m0/s1. The van der Waals surface area contributed by atoms with Crippen molar-refractivity contribution in [3.63, 3.8) is 0 Å². The number of urea groups is 1. The van der Waals surface area contributed by atoms with Crippen LogP contribution in [-0.4, -0.2) is 87.5 Å². The molecule has 0 aliphatic carbocycles. The number of aromatic nitrogens is 2. The van der Waals surface area contributed by atoms with Crippen molar-refractivity contribution in [2.24, 2.45) is 5.41 Å². The molecule has 0 radical (unpaired) electrons. The maximum absolute atomic E-state index is 13.5. The van der Waals surface area contributed by atoms with E-state index in [2.05, 4.69) is 10.4 Å². The smallest absolute Gasteiger partial charge is 0.416 e. The highest BCUT2D eigenvalue weighted by molar-refractivity contribution is 5.91. The number of carbonyl (C=O) groups is 3. The minimum atomic E-state index is -4.45. The van der Waals surface area contributed by atoms with Crippen molar-refractivity contribution in [2.45, 2.75) is 71.8 Å². The topological polar surface area (TPSA) is 117 Å². The second kappa shape index (κ2) is 14.0. The molecular weight excluding hydrogens is 555 g/mol. The van der Waals surface area contributed by atoms with Crippen LogP contribution in [0, 0.1) is 5.41 Å². The highest BCUT2D eigenvalue weighted by Gasteiger charge is 2.41. The fourth-order valence-corrected chi connectivity index (χ4v) is 4.90. The summed E-state index contributed by atoms with van der Waals surface area (Å²) in [4.78, 5) is 41.5. The highest BCUT2D eigenvalue weighted by atomic mass is 19.4. The van der Waals surface area contributed by atoms with Crippen LogP contribution in [0.1, 0.15) is 52.5 Å². The largest absolute Gasteiger partial charge is 0.465 e. The van der Waals surface area contributed by atoms with Crippen LogP contribution >= 0.6 is 0 Å². The molecule has 13 heteroatoms. The molecule has 1 fully saturated rings. The van der Waals surface area contributed by atoms with Gasteiger partial charge >= 0.3 is 18.3 Å². The van der Waals surface area contributed by atoms with E-state index in [1.165, 1.54) is 17.0 Å². The van der Waals surface area contributed by atoms with Crippen molar-refractivity contribution in [2.75, 3.05) is 32.8 Å². The molecule has 2 N–H and O–H groups in total. The number of benzene rings is 1. The van der Waals surface area contributed by atoms with E-state index < -0.39 is 47.1 Å². The van der Waals surface area contributed by atoms with Gasteiger partial charge in [0.05, 0.1) is 49.6 Å². The first-order chi connectivity index (χ1) is 19.7. The van der Waals surface area contributed by atoms with Gasteiger partial charge in [0, 0.05) is 24.8 Å². The van der Waals surface area contributed by atoms with E-state index in [1.807, 2.05) is 27.7 Å².